The summed E-state index contributed by atoms with van der Waals surface area (Å²) in [6.45, 7) is 7.46. The summed E-state index contributed by atoms with van der Waals surface area (Å²) in [4.78, 5) is 12.0. The molecule has 1 aliphatic carbocycles. The Hall–Kier alpha value is -0.280. The summed E-state index contributed by atoms with van der Waals surface area (Å²) < 4.78 is 0. The first kappa shape index (κ1) is 17.7. The van der Waals surface area contributed by atoms with E-state index in [2.05, 4.69) is 26.1 Å². The van der Waals surface area contributed by atoms with Gasteiger partial charge in [-0.15, -0.1) is 12.4 Å². The maximum atomic E-state index is 12.0. The van der Waals surface area contributed by atoms with Gasteiger partial charge < -0.3 is 11.1 Å². The number of nitrogens with two attached hydrogens (primary N) is 1. The van der Waals surface area contributed by atoms with Crippen molar-refractivity contribution in [3.05, 3.63) is 0 Å². The van der Waals surface area contributed by atoms with Crippen LogP contribution in [0.4, 0.5) is 0 Å². The molecule has 0 aromatic carbocycles. The molecule has 2 unspecified atom stereocenters. The molecule has 0 aromatic heterocycles. The number of hydrogen-bond acceptors (Lipinski definition) is 2. The summed E-state index contributed by atoms with van der Waals surface area (Å²) in [7, 11) is 0. The third-order valence-electron chi connectivity index (χ3n) is 4.73. The lowest BCUT2D eigenvalue weighted by molar-refractivity contribution is -0.125. The van der Waals surface area contributed by atoms with Crippen LogP contribution in [-0.4, -0.2) is 18.5 Å². The Morgan fingerprint density at radius 3 is 2.17 bits per heavy atom. The van der Waals surface area contributed by atoms with Gasteiger partial charge in [0, 0.05) is 18.5 Å². The standard InChI is InChI=1S/C14H28N2O.ClH/c1-4-14(5-2,6-3)10-16-13(17)11-7-8-12(15)9-11;/h11-12H,4-10,15H2,1-3H3,(H,16,17);1H. The molecule has 2 atom stereocenters. The third kappa shape index (κ3) is 4.43. The Labute approximate surface area is 118 Å². The van der Waals surface area contributed by atoms with Crippen molar-refractivity contribution >= 4 is 18.3 Å². The van der Waals surface area contributed by atoms with Crippen LogP contribution in [-0.2, 0) is 4.79 Å². The molecule has 1 fully saturated rings. The van der Waals surface area contributed by atoms with Crippen molar-refractivity contribution in [2.75, 3.05) is 6.54 Å². The molecule has 108 valence electrons. The van der Waals surface area contributed by atoms with Crippen LogP contribution in [0, 0.1) is 11.3 Å². The second-order valence-electron chi connectivity index (χ2n) is 5.55. The van der Waals surface area contributed by atoms with E-state index >= 15 is 0 Å². The molecule has 0 aliphatic heterocycles. The molecule has 1 amide bonds. The fraction of sp³-hybridized carbons (Fsp3) is 0.929. The van der Waals surface area contributed by atoms with E-state index in [0.29, 0.717) is 0 Å². The van der Waals surface area contributed by atoms with E-state index in [1.807, 2.05) is 0 Å². The molecule has 3 nitrogen and oxygen atoms in total. The van der Waals surface area contributed by atoms with Gasteiger partial charge in [-0.3, -0.25) is 4.79 Å². The van der Waals surface area contributed by atoms with Gasteiger partial charge in [-0.25, -0.2) is 0 Å². The van der Waals surface area contributed by atoms with E-state index in [0.717, 1.165) is 45.1 Å². The largest absolute Gasteiger partial charge is 0.355 e. The molecular formula is C14H29ClN2O. The number of halogens is 1. The molecule has 18 heavy (non-hydrogen) atoms. The first-order chi connectivity index (χ1) is 8.06. The van der Waals surface area contributed by atoms with E-state index in [-0.39, 0.29) is 35.7 Å². The molecule has 1 rings (SSSR count). The Kier molecular flexibility index (Phi) is 7.88. The minimum Gasteiger partial charge on any atom is -0.355 e. The average Bonchev–Trinajstić information content (AvgIpc) is 2.78. The highest BCUT2D eigenvalue weighted by molar-refractivity contribution is 5.85. The number of carbonyl (C=O) groups is 1. The minimum absolute atomic E-state index is 0. The summed E-state index contributed by atoms with van der Waals surface area (Å²) in [5.41, 5.74) is 6.13. The Morgan fingerprint density at radius 2 is 1.78 bits per heavy atom. The van der Waals surface area contributed by atoms with Gasteiger partial charge in [0.15, 0.2) is 0 Å². The van der Waals surface area contributed by atoms with Crippen molar-refractivity contribution in [3.63, 3.8) is 0 Å². The number of nitrogens with one attached hydrogen (secondary N) is 1. The fourth-order valence-electron chi connectivity index (χ4n) is 2.80. The summed E-state index contributed by atoms with van der Waals surface area (Å²) in [6, 6.07) is 0.235. The Balaban J connectivity index is 0.00000289. The lowest BCUT2D eigenvalue weighted by Crippen LogP contribution is -2.39. The SMILES string of the molecule is CCC(CC)(CC)CNC(=O)C1CCC(N)C1.Cl. The summed E-state index contributed by atoms with van der Waals surface area (Å²) >= 11 is 0. The zero-order valence-electron chi connectivity index (χ0n) is 12.0. The predicted molar refractivity (Wildman–Crippen MR) is 78.9 cm³/mol. The number of hydrogen-bond donors (Lipinski definition) is 2. The molecule has 0 bridgehead atoms. The van der Waals surface area contributed by atoms with Gasteiger partial charge in [0.1, 0.15) is 0 Å². The summed E-state index contributed by atoms with van der Waals surface area (Å²) in [5.74, 6) is 0.381. The van der Waals surface area contributed by atoms with Crippen LogP contribution in [0.2, 0.25) is 0 Å². The van der Waals surface area contributed by atoms with Gasteiger partial charge in [0.25, 0.3) is 0 Å². The molecule has 1 saturated carbocycles. The van der Waals surface area contributed by atoms with E-state index in [1.54, 1.807) is 0 Å². The van der Waals surface area contributed by atoms with Crippen LogP contribution in [0.5, 0.6) is 0 Å². The molecule has 0 saturated heterocycles. The highest BCUT2D eigenvalue weighted by Gasteiger charge is 2.30. The van der Waals surface area contributed by atoms with Gasteiger partial charge in [0.05, 0.1) is 0 Å². The van der Waals surface area contributed by atoms with Crippen molar-refractivity contribution < 1.29 is 4.79 Å². The molecule has 1 aliphatic rings. The van der Waals surface area contributed by atoms with Crippen molar-refractivity contribution in [2.45, 2.75) is 65.3 Å². The van der Waals surface area contributed by atoms with Crippen LogP contribution < -0.4 is 11.1 Å². The van der Waals surface area contributed by atoms with E-state index < -0.39 is 0 Å². The van der Waals surface area contributed by atoms with Crippen LogP contribution in [0.15, 0.2) is 0 Å². The maximum absolute atomic E-state index is 12.0. The summed E-state index contributed by atoms with van der Waals surface area (Å²) in [5, 5.41) is 3.14. The summed E-state index contributed by atoms with van der Waals surface area (Å²) in [6.07, 6.45) is 6.21. The average molecular weight is 277 g/mol. The Bertz CT molecular complexity index is 246. The number of carbonyl (C=O) groups excluding carboxylic acids is 1. The second kappa shape index (κ2) is 8.00. The number of amides is 1. The maximum Gasteiger partial charge on any atom is 0.223 e. The second-order valence-corrected chi connectivity index (χ2v) is 5.55. The zero-order valence-corrected chi connectivity index (χ0v) is 12.8. The van der Waals surface area contributed by atoms with Gasteiger partial charge in [-0.1, -0.05) is 20.8 Å². The van der Waals surface area contributed by atoms with Gasteiger partial charge in [0.2, 0.25) is 5.91 Å². The van der Waals surface area contributed by atoms with Crippen molar-refractivity contribution in [1.29, 1.82) is 0 Å². The molecule has 3 N–H and O–H groups in total. The fourth-order valence-corrected chi connectivity index (χ4v) is 2.80. The van der Waals surface area contributed by atoms with E-state index in [9.17, 15) is 4.79 Å². The van der Waals surface area contributed by atoms with Crippen LogP contribution in [0.3, 0.4) is 0 Å². The lowest BCUT2D eigenvalue weighted by Gasteiger charge is -2.31. The third-order valence-corrected chi connectivity index (χ3v) is 4.73. The minimum atomic E-state index is 0. The van der Waals surface area contributed by atoms with Gasteiger partial charge in [-0.2, -0.15) is 0 Å². The van der Waals surface area contributed by atoms with Gasteiger partial charge in [-0.05, 0) is 43.9 Å². The van der Waals surface area contributed by atoms with Gasteiger partial charge >= 0.3 is 0 Å². The van der Waals surface area contributed by atoms with E-state index in [4.69, 9.17) is 5.73 Å². The number of rotatable bonds is 6. The molecule has 0 heterocycles. The predicted octanol–water partition coefficient (Wildman–Crippen LogP) is 2.87. The monoisotopic (exact) mass is 276 g/mol. The van der Waals surface area contributed by atoms with Crippen LogP contribution in [0.25, 0.3) is 0 Å². The lowest BCUT2D eigenvalue weighted by atomic mass is 9.79. The molecule has 0 spiro atoms. The highest BCUT2D eigenvalue weighted by Crippen LogP contribution is 2.30. The normalized spacial score (nSPS) is 23.6. The van der Waals surface area contributed by atoms with Crippen molar-refractivity contribution in [3.8, 4) is 0 Å². The Morgan fingerprint density at radius 1 is 1.22 bits per heavy atom. The quantitative estimate of drug-likeness (QED) is 0.784. The topological polar surface area (TPSA) is 55.1 Å². The zero-order chi connectivity index (χ0) is 12.9. The molecule has 0 radical (unpaired) electrons. The first-order valence-electron chi connectivity index (χ1n) is 7.10. The van der Waals surface area contributed by atoms with E-state index in [1.165, 1.54) is 0 Å². The smallest absolute Gasteiger partial charge is 0.223 e. The van der Waals surface area contributed by atoms with Crippen molar-refractivity contribution in [2.24, 2.45) is 17.1 Å². The molecule has 4 heteroatoms. The first-order valence-corrected chi connectivity index (χ1v) is 7.10. The van der Waals surface area contributed by atoms with Crippen LogP contribution in [0.1, 0.15) is 59.3 Å². The molecular weight excluding hydrogens is 248 g/mol. The van der Waals surface area contributed by atoms with Crippen molar-refractivity contribution in [1.82, 2.24) is 5.32 Å². The molecule has 0 aromatic rings. The van der Waals surface area contributed by atoms with Crippen LogP contribution >= 0.6 is 12.4 Å². The highest BCUT2D eigenvalue weighted by atomic mass is 35.5.